The summed E-state index contributed by atoms with van der Waals surface area (Å²) in [6, 6.07) is 13.0. The third-order valence-electron chi connectivity index (χ3n) is 8.14. The van der Waals surface area contributed by atoms with Gasteiger partial charge >= 0.3 is 0 Å². The Kier molecular flexibility index (Phi) is 10.8. The smallest absolute Gasteiger partial charge is 0.220 e. The molecule has 2 N–H and O–H groups in total. The predicted molar refractivity (Wildman–Crippen MR) is 154 cm³/mol. The minimum atomic E-state index is -0.886. The second kappa shape index (κ2) is 14.5. The molecule has 2 aliphatic heterocycles. The normalized spacial score (nSPS) is 20.4. The highest BCUT2D eigenvalue weighted by Gasteiger charge is 2.32. The van der Waals surface area contributed by atoms with E-state index in [4.69, 9.17) is 14.2 Å². The average molecular weight is 553 g/mol. The zero-order valence-electron chi connectivity index (χ0n) is 24.1. The maximum atomic E-state index is 13.0. The van der Waals surface area contributed by atoms with Crippen LogP contribution < -0.4 is 19.5 Å². The molecule has 2 aliphatic rings. The highest BCUT2D eigenvalue weighted by molar-refractivity contribution is 5.96. The highest BCUT2D eigenvalue weighted by atomic mass is 16.6. The number of hydrogen-bond acceptors (Lipinski definition) is 7. The lowest BCUT2D eigenvalue weighted by Crippen LogP contribution is -2.53. The van der Waals surface area contributed by atoms with Crippen molar-refractivity contribution < 1.29 is 28.9 Å². The minimum Gasteiger partial charge on any atom is -0.497 e. The Labute approximate surface area is 238 Å². The van der Waals surface area contributed by atoms with Crippen LogP contribution >= 0.6 is 0 Å². The molecule has 1 fully saturated rings. The molecule has 0 spiro atoms. The van der Waals surface area contributed by atoms with E-state index in [1.165, 1.54) is 6.42 Å². The third-order valence-corrected chi connectivity index (χ3v) is 8.14. The summed E-state index contributed by atoms with van der Waals surface area (Å²) in [5.74, 6) is 2.03. The van der Waals surface area contributed by atoms with Crippen LogP contribution in [0.4, 0.5) is 0 Å². The van der Waals surface area contributed by atoms with Crippen molar-refractivity contribution in [3.8, 4) is 17.2 Å². The van der Waals surface area contributed by atoms with Gasteiger partial charge in [-0.3, -0.25) is 14.5 Å². The number of ether oxygens (including phenoxy) is 3. The van der Waals surface area contributed by atoms with Crippen molar-refractivity contribution in [1.82, 2.24) is 10.2 Å². The number of Topliss-reactive ketones (excluding diaryl/α,β-unsaturated/α-hetero) is 1. The van der Waals surface area contributed by atoms with Crippen molar-refractivity contribution in [1.29, 1.82) is 0 Å². The number of carbonyl (C=O) groups excluding carboxylic acids is 2. The fourth-order valence-corrected chi connectivity index (χ4v) is 5.71. The summed E-state index contributed by atoms with van der Waals surface area (Å²) in [6.07, 6.45) is 5.53. The highest BCUT2D eigenvalue weighted by Crippen LogP contribution is 2.34. The Bertz CT molecular complexity index is 1110. The molecule has 8 nitrogen and oxygen atoms in total. The molecule has 1 saturated heterocycles. The molecule has 0 aliphatic carbocycles. The van der Waals surface area contributed by atoms with Gasteiger partial charge in [-0.1, -0.05) is 18.9 Å². The van der Waals surface area contributed by atoms with Gasteiger partial charge in [0.1, 0.15) is 25.1 Å². The van der Waals surface area contributed by atoms with E-state index in [-0.39, 0.29) is 11.7 Å². The Morgan fingerprint density at radius 2 is 1.65 bits per heavy atom. The number of piperidine rings is 1. The molecule has 0 radical (unpaired) electrons. The maximum Gasteiger partial charge on any atom is 0.220 e. The summed E-state index contributed by atoms with van der Waals surface area (Å²) < 4.78 is 16.5. The van der Waals surface area contributed by atoms with Gasteiger partial charge in [-0.05, 0) is 81.5 Å². The molecular formula is C32H44N2O6. The van der Waals surface area contributed by atoms with Crippen LogP contribution in [0.2, 0.25) is 0 Å². The van der Waals surface area contributed by atoms with E-state index in [2.05, 4.69) is 24.1 Å². The van der Waals surface area contributed by atoms with Crippen LogP contribution in [0.3, 0.4) is 0 Å². The van der Waals surface area contributed by atoms with Crippen molar-refractivity contribution in [3.05, 3.63) is 53.6 Å². The fourth-order valence-electron chi connectivity index (χ4n) is 5.71. The van der Waals surface area contributed by atoms with Crippen molar-refractivity contribution >= 4 is 11.7 Å². The lowest BCUT2D eigenvalue weighted by Gasteiger charge is -2.42. The van der Waals surface area contributed by atoms with E-state index >= 15 is 0 Å². The summed E-state index contributed by atoms with van der Waals surface area (Å²) in [6.45, 7) is 5.99. The largest absolute Gasteiger partial charge is 0.497 e. The van der Waals surface area contributed by atoms with Crippen LogP contribution in [0.25, 0.3) is 0 Å². The minimum absolute atomic E-state index is 0.0830. The average Bonchev–Trinajstić information content (AvgIpc) is 2.97. The second-order valence-corrected chi connectivity index (χ2v) is 11.1. The molecule has 1 amide bonds. The Morgan fingerprint density at radius 1 is 0.975 bits per heavy atom. The van der Waals surface area contributed by atoms with Gasteiger partial charge in [0.25, 0.3) is 0 Å². The molecule has 8 heteroatoms. The topological polar surface area (TPSA) is 97.3 Å². The summed E-state index contributed by atoms with van der Waals surface area (Å²) in [7, 11) is 1.60. The van der Waals surface area contributed by atoms with Crippen LogP contribution in [0.1, 0.15) is 87.2 Å². The van der Waals surface area contributed by atoms with Crippen molar-refractivity contribution in [3.63, 3.8) is 0 Å². The number of amides is 1. The molecule has 2 aromatic carbocycles. The molecular weight excluding hydrogens is 508 g/mol. The van der Waals surface area contributed by atoms with Gasteiger partial charge in [0.2, 0.25) is 5.91 Å². The first-order chi connectivity index (χ1) is 19.4. The number of nitrogens with one attached hydrogen (secondary N) is 1. The summed E-state index contributed by atoms with van der Waals surface area (Å²) in [5, 5.41) is 14.6. The van der Waals surface area contributed by atoms with Gasteiger partial charge in [-0.2, -0.15) is 0 Å². The van der Waals surface area contributed by atoms with Gasteiger partial charge in [-0.15, -0.1) is 0 Å². The SMILES string of the molecule is COc1ccc(C(=O)CCCCCC(=O)N[C@H](CN2C(C)CCCC2C)[C@@H](O)c2ccc3c(c2)OCCO3)cc1. The number of aliphatic hydroxyl groups is 1. The summed E-state index contributed by atoms with van der Waals surface area (Å²) >= 11 is 0. The van der Waals surface area contributed by atoms with E-state index in [9.17, 15) is 14.7 Å². The quantitative estimate of drug-likeness (QED) is 0.264. The van der Waals surface area contributed by atoms with Crippen LogP contribution in [-0.4, -0.2) is 66.7 Å². The number of aliphatic hydroxyl groups excluding tert-OH is 1. The van der Waals surface area contributed by atoms with Crippen molar-refractivity contribution in [2.45, 2.75) is 89.4 Å². The predicted octanol–water partition coefficient (Wildman–Crippen LogP) is 5.08. The Balaban J connectivity index is 1.32. The number of rotatable bonds is 13. The maximum absolute atomic E-state index is 13.0. The van der Waals surface area contributed by atoms with E-state index in [0.29, 0.717) is 73.7 Å². The van der Waals surface area contributed by atoms with Gasteiger partial charge < -0.3 is 24.6 Å². The Hall–Kier alpha value is -3.10. The number of fused-ring (bicyclic) bond motifs is 1. The summed E-state index contributed by atoms with van der Waals surface area (Å²) in [5.41, 5.74) is 1.37. The first-order valence-corrected chi connectivity index (χ1v) is 14.7. The van der Waals surface area contributed by atoms with Crippen molar-refractivity contribution in [2.24, 2.45) is 0 Å². The van der Waals surface area contributed by atoms with Crippen molar-refractivity contribution in [2.75, 3.05) is 26.9 Å². The first-order valence-electron chi connectivity index (χ1n) is 14.7. The lowest BCUT2D eigenvalue weighted by atomic mass is 9.94. The molecule has 2 aromatic rings. The molecule has 0 bridgehead atoms. The monoisotopic (exact) mass is 552 g/mol. The molecule has 40 heavy (non-hydrogen) atoms. The molecule has 218 valence electrons. The van der Waals surface area contributed by atoms with Gasteiger partial charge in [0, 0.05) is 37.0 Å². The number of unbranched alkanes of at least 4 members (excludes halogenated alkanes) is 2. The number of benzene rings is 2. The number of likely N-dealkylation sites (tertiary alicyclic amines) is 1. The number of carbonyl (C=O) groups is 2. The zero-order chi connectivity index (χ0) is 28.5. The number of ketones is 1. The lowest BCUT2D eigenvalue weighted by molar-refractivity contribution is -0.123. The van der Waals surface area contributed by atoms with Crippen LogP contribution in [0.15, 0.2) is 42.5 Å². The summed E-state index contributed by atoms with van der Waals surface area (Å²) in [4.78, 5) is 27.9. The molecule has 2 unspecified atom stereocenters. The molecule has 0 saturated carbocycles. The molecule has 2 heterocycles. The van der Waals surface area contributed by atoms with Crippen LogP contribution in [-0.2, 0) is 4.79 Å². The van der Waals surface area contributed by atoms with Crippen LogP contribution in [0, 0.1) is 0 Å². The van der Waals surface area contributed by atoms with E-state index in [1.54, 1.807) is 31.4 Å². The number of nitrogens with zero attached hydrogens (tertiary/aromatic N) is 1. The molecule has 0 aromatic heterocycles. The zero-order valence-corrected chi connectivity index (χ0v) is 24.1. The van der Waals surface area contributed by atoms with E-state index in [0.717, 1.165) is 31.4 Å². The number of methoxy groups -OCH3 is 1. The third kappa shape index (κ3) is 7.98. The standard InChI is InChI=1S/C32H44N2O6/c1-22-8-7-9-23(2)34(22)21-27(32(37)25-14-17-29-30(20-25)40-19-18-39-29)33-31(36)11-6-4-5-10-28(35)24-12-15-26(38-3)16-13-24/h12-17,20,22-23,27,32,37H,4-11,18-19,21H2,1-3H3,(H,33,36)/t22?,23?,27-,32+/m1/s1. The van der Waals surface area contributed by atoms with Gasteiger partial charge in [-0.25, -0.2) is 0 Å². The second-order valence-electron chi connectivity index (χ2n) is 11.1. The molecule has 4 rings (SSSR count). The van der Waals surface area contributed by atoms with Gasteiger partial charge in [0.05, 0.1) is 13.2 Å². The number of hydrogen-bond donors (Lipinski definition) is 2. The molecule has 4 atom stereocenters. The van der Waals surface area contributed by atoms with Crippen LogP contribution in [0.5, 0.6) is 17.2 Å². The van der Waals surface area contributed by atoms with E-state index in [1.807, 2.05) is 18.2 Å². The van der Waals surface area contributed by atoms with E-state index < -0.39 is 12.1 Å². The fraction of sp³-hybridized carbons (Fsp3) is 0.562. The Morgan fingerprint density at radius 3 is 2.35 bits per heavy atom. The van der Waals surface area contributed by atoms with Gasteiger partial charge in [0.15, 0.2) is 17.3 Å². The first kappa shape index (κ1) is 29.9.